The van der Waals surface area contributed by atoms with Crippen molar-refractivity contribution in [3.8, 4) is 10.6 Å². The maximum absolute atomic E-state index is 11.8. The minimum atomic E-state index is -0.0187. The zero-order chi connectivity index (χ0) is 14.5. The van der Waals surface area contributed by atoms with Gasteiger partial charge in [-0.05, 0) is 11.4 Å². The van der Waals surface area contributed by atoms with Crippen LogP contribution in [0.3, 0.4) is 0 Å². The third kappa shape index (κ3) is 3.56. The molecule has 0 saturated heterocycles. The Morgan fingerprint density at radius 2 is 2.00 bits per heavy atom. The number of benzene rings is 1. The Balaban J connectivity index is 1.55. The number of nitrogens with zero attached hydrogens (tertiary/aromatic N) is 1. The molecule has 0 unspecified atom stereocenters. The SMILES string of the molecule is O=C(NCCc1csc(-c2ccccc2)n1)c1ccsc1. The third-order valence-electron chi connectivity index (χ3n) is 3.02. The lowest BCUT2D eigenvalue weighted by atomic mass is 10.2. The molecule has 0 bridgehead atoms. The van der Waals surface area contributed by atoms with Crippen LogP contribution in [-0.4, -0.2) is 17.4 Å². The Morgan fingerprint density at radius 1 is 1.14 bits per heavy atom. The number of hydrogen-bond acceptors (Lipinski definition) is 4. The van der Waals surface area contributed by atoms with E-state index in [0.29, 0.717) is 6.54 Å². The predicted molar refractivity (Wildman–Crippen MR) is 87.9 cm³/mol. The summed E-state index contributed by atoms with van der Waals surface area (Å²) in [5, 5.41) is 9.75. The number of carbonyl (C=O) groups excluding carboxylic acids is 1. The smallest absolute Gasteiger partial charge is 0.252 e. The molecule has 3 aromatic rings. The van der Waals surface area contributed by atoms with E-state index in [4.69, 9.17) is 0 Å². The van der Waals surface area contributed by atoms with Gasteiger partial charge in [0.2, 0.25) is 0 Å². The fourth-order valence-electron chi connectivity index (χ4n) is 1.93. The summed E-state index contributed by atoms with van der Waals surface area (Å²) in [4.78, 5) is 16.4. The van der Waals surface area contributed by atoms with Crippen molar-refractivity contribution in [1.29, 1.82) is 0 Å². The Kier molecular flexibility index (Phi) is 4.43. The standard InChI is InChI=1S/C16H14N2OS2/c19-15(13-7-9-20-10-13)17-8-6-14-11-21-16(18-14)12-4-2-1-3-5-12/h1-5,7,9-11H,6,8H2,(H,17,19). The first-order valence-corrected chi connectivity index (χ1v) is 8.45. The van der Waals surface area contributed by atoms with E-state index in [1.807, 2.05) is 35.0 Å². The normalized spacial score (nSPS) is 10.5. The number of hydrogen-bond donors (Lipinski definition) is 1. The zero-order valence-electron chi connectivity index (χ0n) is 11.3. The van der Waals surface area contributed by atoms with Crippen LogP contribution < -0.4 is 5.32 Å². The van der Waals surface area contributed by atoms with Crippen molar-refractivity contribution in [2.75, 3.05) is 6.54 Å². The van der Waals surface area contributed by atoms with Crippen LogP contribution in [0.25, 0.3) is 10.6 Å². The third-order valence-corrected chi connectivity index (χ3v) is 4.65. The van der Waals surface area contributed by atoms with Gasteiger partial charge in [-0.2, -0.15) is 11.3 Å². The average molecular weight is 314 g/mol. The van der Waals surface area contributed by atoms with Crippen LogP contribution >= 0.6 is 22.7 Å². The fourth-order valence-corrected chi connectivity index (χ4v) is 3.43. The summed E-state index contributed by atoms with van der Waals surface area (Å²) in [5.74, 6) is -0.0187. The Bertz CT molecular complexity index is 705. The van der Waals surface area contributed by atoms with Gasteiger partial charge in [-0.3, -0.25) is 4.79 Å². The molecule has 2 aromatic heterocycles. The molecule has 0 fully saturated rings. The van der Waals surface area contributed by atoms with Crippen LogP contribution in [0.5, 0.6) is 0 Å². The molecule has 3 nitrogen and oxygen atoms in total. The number of thiazole rings is 1. The molecule has 0 radical (unpaired) electrons. The van der Waals surface area contributed by atoms with E-state index in [0.717, 1.165) is 28.2 Å². The maximum atomic E-state index is 11.8. The highest BCUT2D eigenvalue weighted by atomic mass is 32.1. The lowest BCUT2D eigenvalue weighted by molar-refractivity contribution is 0.0954. The second-order valence-corrected chi connectivity index (χ2v) is 6.17. The molecule has 5 heteroatoms. The molecule has 3 rings (SSSR count). The van der Waals surface area contributed by atoms with Gasteiger partial charge < -0.3 is 5.32 Å². The molecule has 0 aliphatic rings. The summed E-state index contributed by atoms with van der Waals surface area (Å²) in [7, 11) is 0. The number of amides is 1. The van der Waals surface area contributed by atoms with Crippen LogP contribution in [0.15, 0.2) is 52.5 Å². The van der Waals surface area contributed by atoms with E-state index in [2.05, 4.69) is 27.8 Å². The van der Waals surface area contributed by atoms with Crippen molar-refractivity contribution in [1.82, 2.24) is 10.3 Å². The second kappa shape index (κ2) is 6.65. The maximum Gasteiger partial charge on any atom is 0.252 e. The van der Waals surface area contributed by atoms with Crippen molar-refractivity contribution >= 4 is 28.6 Å². The Morgan fingerprint density at radius 3 is 2.76 bits per heavy atom. The van der Waals surface area contributed by atoms with Gasteiger partial charge in [-0.15, -0.1) is 11.3 Å². The van der Waals surface area contributed by atoms with Crippen LogP contribution in [0.4, 0.5) is 0 Å². The molecule has 0 atom stereocenters. The van der Waals surface area contributed by atoms with Gasteiger partial charge in [0.15, 0.2) is 0 Å². The molecule has 21 heavy (non-hydrogen) atoms. The van der Waals surface area contributed by atoms with Crippen molar-refractivity contribution in [2.24, 2.45) is 0 Å². The van der Waals surface area contributed by atoms with Crippen molar-refractivity contribution in [3.05, 3.63) is 63.8 Å². The topological polar surface area (TPSA) is 42.0 Å². The van der Waals surface area contributed by atoms with Gasteiger partial charge in [-0.1, -0.05) is 30.3 Å². The highest BCUT2D eigenvalue weighted by molar-refractivity contribution is 7.13. The molecule has 0 saturated carbocycles. The average Bonchev–Trinajstić information content (AvgIpc) is 3.20. The Hall–Kier alpha value is -1.98. The summed E-state index contributed by atoms with van der Waals surface area (Å²) < 4.78 is 0. The highest BCUT2D eigenvalue weighted by Crippen LogP contribution is 2.23. The minimum absolute atomic E-state index is 0.0187. The van der Waals surface area contributed by atoms with Gasteiger partial charge in [0.05, 0.1) is 5.69 Å². The van der Waals surface area contributed by atoms with E-state index in [-0.39, 0.29) is 5.91 Å². The van der Waals surface area contributed by atoms with Crippen LogP contribution in [-0.2, 0) is 6.42 Å². The van der Waals surface area contributed by atoms with Gasteiger partial charge in [0.1, 0.15) is 5.01 Å². The van der Waals surface area contributed by atoms with Crippen molar-refractivity contribution in [3.63, 3.8) is 0 Å². The monoisotopic (exact) mass is 314 g/mol. The quantitative estimate of drug-likeness (QED) is 0.777. The number of thiophene rings is 1. The highest BCUT2D eigenvalue weighted by Gasteiger charge is 2.07. The van der Waals surface area contributed by atoms with E-state index in [1.165, 1.54) is 11.3 Å². The van der Waals surface area contributed by atoms with Crippen molar-refractivity contribution < 1.29 is 4.79 Å². The Labute approximate surface area is 131 Å². The molecule has 106 valence electrons. The molecule has 1 amide bonds. The van der Waals surface area contributed by atoms with Gasteiger partial charge in [0, 0.05) is 34.9 Å². The molecule has 0 aliphatic heterocycles. The summed E-state index contributed by atoms with van der Waals surface area (Å²) in [6, 6.07) is 12.0. The largest absolute Gasteiger partial charge is 0.352 e. The lowest BCUT2D eigenvalue weighted by Gasteiger charge is -2.01. The molecule has 1 N–H and O–H groups in total. The van der Waals surface area contributed by atoms with Gasteiger partial charge in [0.25, 0.3) is 5.91 Å². The van der Waals surface area contributed by atoms with Crippen molar-refractivity contribution in [2.45, 2.75) is 6.42 Å². The zero-order valence-corrected chi connectivity index (χ0v) is 12.9. The molecular formula is C16H14N2OS2. The van der Waals surface area contributed by atoms with E-state index in [1.54, 1.807) is 11.3 Å². The summed E-state index contributed by atoms with van der Waals surface area (Å²) in [6.45, 7) is 0.604. The minimum Gasteiger partial charge on any atom is -0.352 e. The summed E-state index contributed by atoms with van der Waals surface area (Å²) in [6.07, 6.45) is 0.749. The second-order valence-electron chi connectivity index (χ2n) is 4.53. The van der Waals surface area contributed by atoms with Gasteiger partial charge in [-0.25, -0.2) is 4.98 Å². The predicted octanol–water partition coefficient (Wildman–Crippen LogP) is 3.84. The molecule has 2 heterocycles. The number of aromatic nitrogens is 1. The van der Waals surface area contributed by atoms with E-state index < -0.39 is 0 Å². The molecule has 0 spiro atoms. The number of rotatable bonds is 5. The number of nitrogens with one attached hydrogen (secondary N) is 1. The molecular weight excluding hydrogens is 300 g/mol. The van der Waals surface area contributed by atoms with Crippen LogP contribution in [0.1, 0.15) is 16.1 Å². The first kappa shape index (κ1) is 14.0. The summed E-state index contributed by atoms with van der Waals surface area (Å²) >= 11 is 3.16. The van der Waals surface area contributed by atoms with E-state index in [9.17, 15) is 4.79 Å². The van der Waals surface area contributed by atoms with Crippen LogP contribution in [0.2, 0.25) is 0 Å². The fraction of sp³-hybridized carbons (Fsp3) is 0.125. The first-order valence-electron chi connectivity index (χ1n) is 6.63. The van der Waals surface area contributed by atoms with Crippen LogP contribution in [0, 0.1) is 0 Å². The van der Waals surface area contributed by atoms with Gasteiger partial charge >= 0.3 is 0 Å². The van der Waals surface area contributed by atoms with E-state index >= 15 is 0 Å². The molecule has 0 aliphatic carbocycles. The first-order chi connectivity index (χ1) is 10.3. The lowest BCUT2D eigenvalue weighted by Crippen LogP contribution is -2.25. The summed E-state index contributed by atoms with van der Waals surface area (Å²) in [5.41, 5.74) is 2.88. The molecule has 1 aromatic carbocycles. The number of carbonyl (C=O) groups is 1.